The van der Waals surface area contributed by atoms with Crippen molar-refractivity contribution in [1.29, 1.82) is 10.5 Å². The van der Waals surface area contributed by atoms with Gasteiger partial charge in [0.1, 0.15) is 23.3 Å². The van der Waals surface area contributed by atoms with Gasteiger partial charge in [0, 0.05) is 43.1 Å². The summed E-state index contributed by atoms with van der Waals surface area (Å²) in [5.41, 5.74) is 22.7. The second-order valence-electron chi connectivity index (χ2n) is 26.7. The number of aromatic nitrogens is 4. The fraction of sp³-hybridized carbons (Fsp3) is 0.0213. The van der Waals surface area contributed by atoms with Gasteiger partial charge in [-0.3, -0.25) is 0 Å². The molecule has 0 saturated carbocycles. The molecule has 4 aromatic heterocycles. The smallest absolute Gasteiger partial charge is 0.104 e. The molecule has 15 aromatic carbocycles. The Kier molecular flexibility index (Phi) is 11.7. The summed E-state index contributed by atoms with van der Waals surface area (Å²) in [6.45, 7) is 0. The van der Waals surface area contributed by atoms with Crippen molar-refractivity contribution >= 4 is 87.2 Å². The van der Waals surface area contributed by atoms with Crippen molar-refractivity contribution in [3.8, 4) is 57.1 Å². The number of rotatable bonds is 8. The molecule has 6 heteroatoms. The van der Waals surface area contributed by atoms with Crippen molar-refractivity contribution in [2.75, 3.05) is 0 Å². The highest BCUT2D eigenvalue weighted by atomic mass is 15.1. The molecule has 0 N–H and O–H groups in total. The SMILES string of the molecule is N#Cc1c(-n2c3ccccc3c3ccccc32)c(-n2c3ccccc3c3cc4c(cc32)C(c2ccccc2)(c2ccccc2)c2ccccc2-4)c(C#N)c(-n2c3ccccc3c3ccccc32)c1-n1c2ccccc2c2cc3c(cc21)C(c1ccccc1)(c1ccccc1)c1ccccc1-3. The molecular formula is C94H56N6. The van der Waals surface area contributed by atoms with Crippen LogP contribution in [-0.4, -0.2) is 18.3 Å². The van der Waals surface area contributed by atoms with Crippen LogP contribution >= 0.6 is 0 Å². The average molecular weight is 1270 g/mol. The molecule has 0 unspecified atom stereocenters. The molecule has 0 amide bonds. The molecule has 0 saturated heterocycles. The van der Waals surface area contributed by atoms with Gasteiger partial charge in [-0.2, -0.15) is 10.5 Å². The van der Waals surface area contributed by atoms with Gasteiger partial charge in [0.05, 0.1) is 77.7 Å². The van der Waals surface area contributed by atoms with Gasteiger partial charge in [0.2, 0.25) is 0 Å². The molecule has 0 atom stereocenters. The highest BCUT2D eigenvalue weighted by molar-refractivity contribution is 6.18. The van der Waals surface area contributed by atoms with E-state index in [1.165, 1.54) is 22.3 Å². The highest BCUT2D eigenvalue weighted by Crippen LogP contribution is 2.61. The maximum absolute atomic E-state index is 13.5. The first-order chi connectivity index (χ1) is 49.6. The van der Waals surface area contributed by atoms with Crippen molar-refractivity contribution in [3.05, 3.63) is 395 Å². The summed E-state index contributed by atoms with van der Waals surface area (Å²) < 4.78 is 9.33. The second-order valence-corrected chi connectivity index (χ2v) is 26.7. The normalized spacial score (nSPS) is 13.3. The third-order valence-corrected chi connectivity index (χ3v) is 22.2. The van der Waals surface area contributed by atoms with E-state index in [0.717, 1.165) is 132 Å². The Morgan fingerprint density at radius 2 is 0.430 bits per heavy atom. The number of nitrogens with zero attached hydrogens (tertiary/aromatic N) is 6. The van der Waals surface area contributed by atoms with E-state index in [-0.39, 0.29) is 0 Å². The minimum atomic E-state index is -0.760. The van der Waals surface area contributed by atoms with Gasteiger partial charge in [-0.05, 0) is 127 Å². The minimum absolute atomic E-state index is 0.392. The molecule has 0 spiro atoms. The van der Waals surface area contributed by atoms with Crippen LogP contribution in [0.2, 0.25) is 0 Å². The van der Waals surface area contributed by atoms with Crippen molar-refractivity contribution < 1.29 is 0 Å². The van der Waals surface area contributed by atoms with Crippen LogP contribution in [0.4, 0.5) is 0 Å². The summed E-state index contributed by atoms with van der Waals surface area (Å²) in [4.78, 5) is 0. The first kappa shape index (κ1) is 55.7. The molecule has 2 aliphatic rings. The Morgan fingerprint density at radius 1 is 0.200 bits per heavy atom. The van der Waals surface area contributed by atoms with Crippen LogP contribution in [0.5, 0.6) is 0 Å². The Bertz CT molecular complexity index is 6190. The first-order valence-electron chi connectivity index (χ1n) is 34.2. The third-order valence-electron chi connectivity index (χ3n) is 22.2. The van der Waals surface area contributed by atoms with E-state index in [0.29, 0.717) is 33.9 Å². The fourth-order valence-electron chi connectivity index (χ4n) is 18.4. The summed E-state index contributed by atoms with van der Waals surface area (Å²) in [6, 6.07) is 129. The maximum atomic E-state index is 13.5. The lowest BCUT2D eigenvalue weighted by molar-refractivity contribution is 0.769. The van der Waals surface area contributed by atoms with E-state index >= 15 is 0 Å². The Labute approximate surface area is 575 Å². The molecule has 0 bridgehead atoms. The molecule has 19 aromatic rings. The van der Waals surface area contributed by atoms with E-state index in [4.69, 9.17) is 0 Å². The summed E-state index contributed by atoms with van der Waals surface area (Å²) in [7, 11) is 0. The number of benzene rings is 15. The lowest BCUT2D eigenvalue weighted by Gasteiger charge is -2.34. The van der Waals surface area contributed by atoms with E-state index in [1.54, 1.807) is 0 Å². The van der Waals surface area contributed by atoms with Crippen LogP contribution in [0.3, 0.4) is 0 Å². The van der Waals surface area contributed by atoms with E-state index < -0.39 is 10.8 Å². The maximum Gasteiger partial charge on any atom is 0.104 e. The fourth-order valence-corrected chi connectivity index (χ4v) is 18.4. The predicted molar refractivity (Wildman–Crippen MR) is 408 cm³/mol. The van der Waals surface area contributed by atoms with Gasteiger partial charge in [-0.25, -0.2) is 0 Å². The minimum Gasteiger partial charge on any atom is -0.306 e. The molecular weight excluding hydrogens is 1210 g/mol. The van der Waals surface area contributed by atoms with Gasteiger partial charge in [0.25, 0.3) is 0 Å². The molecule has 6 nitrogen and oxygen atoms in total. The van der Waals surface area contributed by atoms with Crippen LogP contribution in [0.1, 0.15) is 55.6 Å². The summed E-state index contributed by atoms with van der Waals surface area (Å²) in [5, 5.41) is 35.1. The van der Waals surface area contributed by atoms with Crippen LogP contribution in [-0.2, 0) is 10.8 Å². The quantitative estimate of drug-likeness (QED) is 0.152. The molecule has 462 valence electrons. The highest BCUT2D eigenvalue weighted by Gasteiger charge is 2.49. The monoisotopic (exact) mass is 1270 g/mol. The number of para-hydroxylation sites is 6. The summed E-state index contributed by atoms with van der Waals surface area (Å²) in [5.74, 6) is 0. The lowest BCUT2D eigenvalue weighted by Crippen LogP contribution is -2.28. The van der Waals surface area contributed by atoms with E-state index in [2.05, 4.69) is 370 Å². The molecule has 0 fully saturated rings. The second kappa shape index (κ2) is 21.0. The van der Waals surface area contributed by atoms with Gasteiger partial charge >= 0.3 is 0 Å². The Hall–Kier alpha value is -13.5. The van der Waals surface area contributed by atoms with Crippen molar-refractivity contribution in [2.24, 2.45) is 0 Å². The zero-order chi connectivity index (χ0) is 66.0. The third kappa shape index (κ3) is 7.17. The largest absolute Gasteiger partial charge is 0.306 e. The van der Waals surface area contributed by atoms with Gasteiger partial charge in [-0.15, -0.1) is 0 Å². The molecule has 0 radical (unpaired) electrons. The molecule has 0 aliphatic heterocycles. The van der Waals surface area contributed by atoms with Crippen LogP contribution in [0.15, 0.2) is 340 Å². The number of nitriles is 2. The van der Waals surface area contributed by atoms with Crippen molar-refractivity contribution in [2.45, 2.75) is 10.8 Å². The zero-order valence-corrected chi connectivity index (χ0v) is 54.0. The van der Waals surface area contributed by atoms with Crippen molar-refractivity contribution in [3.63, 3.8) is 0 Å². The van der Waals surface area contributed by atoms with Crippen LogP contribution < -0.4 is 0 Å². The van der Waals surface area contributed by atoms with Crippen LogP contribution in [0, 0.1) is 22.7 Å². The Balaban J connectivity index is 1.01. The molecule has 2 aliphatic carbocycles. The van der Waals surface area contributed by atoms with E-state index in [9.17, 15) is 10.5 Å². The lowest BCUT2D eigenvalue weighted by atomic mass is 9.67. The molecule has 21 rings (SSSR count). The number of hydrogen-bond donors (Lipinski definition) is 0. The Morgan fingerprint density at radius 3 is 0.710 bits per heavy atom. The van der Waals surface area contributed by atoms with Crippen LogP contribution in [0.25, 0.3) is 132 Å². The molecule has 4 heterocycles. The van der Waals surface area contributed by atoms with Gasteiger partial charge < -0.3 is 18.3 Å². The zero-order valence-electron chi connectivity index (χ0n) is 54.0. The van der Waals surface area contributed by atoms with Crippen molar-refractivity contribution in [1.82, 2.24) is 18.3 Å². The standard InChI is InChI=1S/C94H56N6/c95-57-75-90(98-83-49-25-17-41-67(83)68-42-18-26-50-84(68)98)92(100-86-52-28-20-44-70(86)74-54-72-64-38-14-22-46-78(64)94(80(72)56-88(74)100,61-33-9-3-10-34-61)62-35-11-4-12-36-62)76(58-96)89(97-81-47-23-15-39-65(81)66-40-16-24-48-82(66)97)91(75)99-85-51-27-19-43-69(85)73-53-71-63-37-13-21-45-77(63)93(79(71)55-87(73)99,59-29-5-1-6-30-59)60-31-7-2-8-32-60/h1-56H. The van der Waals surface area contributed by atoms with Gasteiger partial charge in [0.15, 0.2) is 0 Å². The average Bonchev–Trinajstić information content (AvgIpc) is 1.50. The molecule has 100 heavy (non-hydrogen) atoms. The first-order valence-corrected chi connectivity index (χ1v) is 34.2. The summed E-state index contributed by atoms with van der Waals surface area (Å²) >= 11 is 0. The number of fused-ring (bicyclic) bond motifs is 18. The predicted octanol–water partition coefficient (Wildman–Crippen LogP) is 22.5. The van der Waals surface area contributed by atoms with E-state index in [1.807, 2.05) is 0 Å². The summed E-state index contributed by atoms with van der Waals surface area (Å²) in [6.07, 6.45) is 0. The van der Waals surface area contributed by atoms with Gasteiger partial charge in [-0.1, -0.05) is 279 Å². The topological polar surface area (TPSA) is 67.3 Å². The number of hydrogen-bond acceptors (Lipinski definition) is 2.